The van der Waals surface area contributed by atoms with Gasteiger partial charge in [-0.05, 0) is 45.9 Å². The largest absolute Gasteiger partial charge is 0.454 e. The number of carbonyl (C=O) groups excluding carboxylic acids is 2. The molecule has 0 saturated carbocycles. The average molecular weight is 1460 g/mol. The van der Waals surface area contributed by atoms with Gasteiger partial charge >= 0.3 is 11.9 Å². The van der Waals surface area contributed by atoms with Gasteiger partial charge in [0.1, 0.15) is 61.0 Å². The highest BCUT2D eigenvalue weighted by Gasteiger charge is 2.60. The van der Waals surface area contributed by atoms with Crippen LogP contribution in [0.5, 0.6) is 0 Å². The fraction of sp³-hybridized carbons (Fsp3) is 0.425. The molecule has 8 aromatic carbocycles. The van der Waals surface area contributed by atoms with Gasteiger partial charge in [0.25, 0.3) is 0 Å². The molecule has 566 valence electrons. The molecule has 0 aromatic heterocycles. The molecule has 21 atom stereocenters. The monoisotopic (exact) mass is 1460 g/mol. The minimum atomic E-state index is -1.51. The Labute approximate surface area is 626 Å². The van der Waals surface area contributed by atoms with Crippen LogP contribution in [-0.4, -0.2) is 149 Å². The van der Waals surface area contributed by atoms with E-state index >= 15 is 0 Å². The van der Waals surface area contributed by atoms with Gasteiger partial charge in [-0.25, -0.2) is 0 Å². The van der Waals surface area contributed by atoms with E-state index in [9.17, 15) is 9.59 Å². The number of hydrogen-bond acceptors (Lipinski definition) is 20. The normalized spacial score (nSPS) is 30.0. The zero-order chi connectivity index (χ0) is 73.7. The van der Waals surface area contributed by atoms with Gasteiger partial charge in [0, 0.05) is 31.2 Å². The van der Waals surface area contributed by atoms with Gasteiger partial charge in [-0.2, -0.15) is 0 Å². The Balaban J connectivity index is 0.878. The van der Waals surface area contributed by atoms with Gasteiger partial charge in [-0.3, -0.25) is 9.59 Å². The van der Waals surface area contributed by atoms with Crippen LogP contribution >= 0.6 is 0 Å². The van der Waals surface area contributed by atoms with Crippen molar-refractivity contribution >= 4 is 11.9 Å². The Hall–Kier alpha value is -7.94. The lowest BCUT2D eigenvalue weighted by atomic mass is 9.87. The van der Waals surface area contributed by atoms with E-state index in [1.165, 1.54) is 13.8 Å². The Kier molecular flexibility index (Phi) is 28.1. The van der Waals surface area contributed by atoms with Crippen LogP contribution in [0.4, 0.5) is 0 Å². The van der Waals surface area contributed by atoms with Gasteiger partial charge in [0.15, 0.2) is 37.4 Å². The Morgan fingerprint density at radius 3 is 1.08 bits per heavy atom. The summed E-state index contributed by atoms with van der Waals surface area (Å²) in [6, 6.07) is 78.3. The fourth-order valence-electron chi connectivity index (χ4n) is 14.4. The van der Waals surface area contributed by atoms with Crippen LogP contribution in [0.25, 0.3) is 0 Å². The summed E-state index contributed by atoms with van der Waals surface area (Å²) in [5.41, 5.74) is 7.16. The highest BCUT2D eigenvalue weighted by atomic mass is 16.8. The SMILES string of the molecule is CC(=O)OC1C(OC2C3OC(c4ccccc4)OCC3OC(OC3C(COCc4ccccc4)OC(OC4C(COCc5ccccc5)OC(C)C(C)C4OCc4ccccc4)C(C)C3OCc3ccccc3)C2OC(C)=O)OC(COCc2ccccc2)C(OCc2ccccc2)C1OCc1ccccc1. The third-order valence-corrected chi connectivity index (χ3v) is 20.0. The summed E-state index contributed by atoms with van der Waals surface area (Å²) < 4.78 is 126. The Morgan fingerprint density at radius 1 is 0.327 bits per heavy atom. The fourth-order valence-corrected chi connectivity index (χ4v) is 14.4. The molecule has 5 heterocycles. The summed E-state index contributed by atoms with van der Waals surface area (Å²) in [4.78, 5) is 28.1. The van der Waals surface area contributed by atoms with Crippen LogP contribution in [0.2, 0.25) is 0 Å². The number of esters is 2. The average Bonchev–Trinajstić information content (AvgIpc) is 0.755. The first-order chi connectivity index (χ1) is 52.4. The molecule has 5 aliphatic heterocycles. The first kappa shape index (κ1) is 77.2. The van der Waals surface area contributed by atoms with Crippen molar-refractivity contribution in [1.29, 1.82) is 0 Å². The van der Waals surface area contributed by atoms with Gasteiger partial charge in [-0.15, -0.1) is 0 Å². The molecule has 5 saturated heterocycles. The van der Waals surface area contributed by atoms with E-state index in [1.54, 1.807) is 0 Å². The molecule has 8 aromatic rings. The smallest absolute Gasteiger partial charge is 0.303 e. The predicted molar refractivity (Wildman–Crippen MR) is 393 cm³/mol. The molecule has 13 rings (SSSR count). The zero-order valence-electron chi connectivity index (χ0n) is 61.2. The van der Waals surface area contributed by atoms with Crippen molar-refractivity contribution in [1.82, 2.24) is 0 Å². The number of fused-ring (bicyclic) bond motifs is 1. The molecule has 5 fully saturated rings. The second-order valence-corrected chi connectivity index (χ2v) is 27.9. The van der Waals surface area contributed by atoms with Crippen LogP contribution in [0, 0.1) is 11.8 Å². The maximum Gasteiger partial charge on any atom is 0.303 e. The van der Waals surface area contributed by atoms with Crippen molar-refractivity contribution in [2.24, 2.45) is 11.8 Å². The summed E-state index contributed by atoms with van der Waals surface area (Å²) in [6.07, 6.45) is -19.4. The first-order valence-corrected chi connectivity index (χ1v) is 37.2. The van der Waals surface area contributed by atoms with Gasteiger partial charge in [0.05, 0.1) is 91.0 Å². The number of carbonyl (C=O) groups is 2. The van der Waals surface area contributed by atoms with E-state index in [2.05, 4.69) is 13.8 Å². The standard InChI is InChI=1S/C87H98O20/c1-57-59(3)98-71(54-91-47-63-32-16-7-17-33-63)77(74(57)93-49-65-36-20-9-21-37-65)104-84-58(2)75(94-50-66-38-22-10-23-39-66)78(72(101-84)55-92-48-64-34-18-8-19-35-64)106-87-83(100-61(5)89)81(79-73(103-87)56-97-85(105-79)69-44-28-13-29-45-69)107-86-82(99-60(4)88)80(96-52-68-42-26-12-27-43-68)76(95-51-67-40-24-11-25-41-67)70(102-86)53-90-46-62-30-14-6-15-31-62/h6-45,57-59,70-87H,46-56H2,1-5H3. The molecule has 0 radical (unpaired) electrons. The van der Waals surface area contributed by atoms with Crippen LogP contribution in [-0.2, 0) is 141 Å². The number of ether oxygens (including phenoxy) is 18. The van der Waals surface area contributed by atoms with E-state index < -0.39 is 128 Å². The van der Waals surface area contributed by atoms with Crippen molar-refractivity contribution in [3.63, 3.8) is 0 Å². The molecule has 0 N–H and O–H groups in total. The van der Waals surface area contributed by atoms with Crippen molar-refractivity contribution < 1.29 is 94.9 Å². The third kappa shape index (κ3) is 21.1. The van der Waals surface area contributed by atoms with Gasteiger partial charge < -0.3 is 85.3 Å². The summed E-state index contributed by atoms with van der Waals surface area (Å²) in [5.74, 6) is -2.16. The molecule has 107 heavy (non-hydrogen) atoms. The lowest BCUT2D eigenvalue weighted by Gasteiger charge is -2.53. The van der Waals surface area contributed by atoms with Gasteiger partial charge in [0.2, 0.25) is 0 Å². The maximum absolute atomic E-state index is 14.2. The third-order valence-electron chi connectivity index (χ3n) is 20.0. The van der Waals surface area contributed by atoms with Crippen molar-refractivity contribution in [3.8, 4) is 0 Å². The highest BCUT2D eigenvalue weighted by molar-refractivity contribution is 5.66. The molecular weight excluding hydrogens is 1360 g/mol. The summed E-state index contributed by atoms with van der Waals surface area (Å²) in [6.45, 7) is 10.2. The zero-order valence-corrected chi connectivity index (χ0v) is 61.2. The number of hydrogen-bond donors (Lipinski definition) is 0. The Bertz CT molecular complexity index is 3900. The van der Waals surface area contributed by atoms with Crippen LogP contribution in [0.15, 0.2) is 243 Å². The van der Waals surface area contributed by atoms with E-state index in [0.717, 1.165) is 38.9 Å². The minimum absolute atomic E-state index is 0.0375. The molecular formula is C87H98O20. The van der Waals surface area contributed by atoms with E-state index in [1.807, 2.05) is 250 Å². The molecule has 0 bridgehead atoms. The second kappa shape index (κ2) is 38.9. The Morgan fingerprint density at radius 2 is 0.654 bits per heavy atom. The lowest BCUT2D eigenvalue weighted by Crippen LogP contribution is -2.69. The number of benzene rings is 8. The predicted octanol–water partition coefficient (Wildman–Crippen LogP) is 13.3. The van der Waals surface area contributed by atoms with E-state index in [0.29, 0.717) is 18.8 Å². The lowest BCUT2D eigenvalue weighted by molar-refractivity contribution is -0.409. The summed E-state index contributed by atoms with van der Waals surface area (Å²) in [7, 11) is 0. The summed E-state index contributed by atoms with van der Waals surface area (Å²) >= 11 is 0. The first-order valence-electron chi connectivity index (χ1n) is 37.2. The van der Waals surface area contributed by atoms with Crippen molar-refractivity contribution in [2.75, 3.05) is 26.4 Å². The molecule has 20 heteroatoms. The minimum Gasteiger partial charge on any atom is -0.454 e. The van der Waals surface area contributed by atoms with Crippen molar-refractivity contribution in [2.45, 2.75) is 198 Å². The van der Waals surface area contributed by atoms with Gasteiger partial charge in [-0.1, -0.05) is 257 Å². The van der Waals surface area contributed by atoms with Crippen LogP contribution in [0.3, 0.4) is 0 Å². The second-order valence-electron chi connectivity index (χ2n) is 27.9. The van der Waals surface area contributed by atoms with Crippen molar-refractivity contribution in [3.05, 3.63) is 287 Å². The molecule has 20 nitrogen and oxygen atoms in total. The van der Waals surface area contributed by atoms with Crippen LogP contribution < -0.4 is 0 Å². The van der Waals surface area contributed by atoms with E-state index in [4.69, 9.17) is 85.3 Å². The molecule has 0 amide bonds. The summed E-state index contributed by atoms with van der Waals surface area (Å²) in [5, 5.41) is 0. The molecule has 0 spiro atoms. The molecule has 21 unspecified atom stereocenters. The molecule has 5 aliphatic rings. The quantitative estimate of drug-likeness (QED) is 0.0351. The maximum atomic E-state index is 14.2. The highest BCUT2D eigenvalue weighted by Crippen LogP contribution is 2.44. The topological polar surface area (TPSA) is 200 Å². The number of rotatable bonds is 33. The molecule has 0 aliphatic carbocycles. The van der Waals surface area contributed by atoms with Crippen LogP contribution in [0.1, 0.15) is 85.4 Å². The van der Waals surface area contributed by atoms with E-state index in [-0.39, 0.29) is 71.5 Å².